The van der Waals surface area contributed by atoms with Gasteiger partial charge in [0.25, 0.3) is 0 Å². The molecule has 2 aromatic carbocycles. The molecule has 39 heavy (non-hydrogen) atoms. The number of fused-ring (bicyclic) bond motifs is 2. The second kappa shape index (κ2) is 10.2. The first-order valence-corrected chi connectivity index (χ1v) is 16.7. The highest BCUT2D eigenvalue weighted by Gasteiger charge is 2.56. The Hall–Kier alpha value is -2.91. The van der Waals surface area contributed by atoms with Gasteiger partial charge in [-0.25, -0.2) is 4.98 Å². The van der Waals surface area contributed by atoms with Crippen molar-refractivity contribution in [1.82, 2.24) is 14.9 Å². The SMILES string of the molecule is Cc1ccc(Nc2nc(Nc3ccc4c(c3)CC[C@H](N3CC5C(C#N)C5C3)CC4)ncc2Cl)c(P(C)(C)=O)c1. The van der Waals surface area contributed by atoms with E-state index in [4.69, 9.17) is 11.6 Å². The van der Waals surface area contributed by atoms with E-state index in [-0.39, 0.29) is 0 Å². The van der Waals surface area contributed by atoms with Gasteiger partial charge in [-0.15, -0.1) is 0 Å². The van der Waals surface area contributed by atoms with Gasteiger partial charge in [-0.05, 0) is 93.2 Å². The molecule has 1 saturated carbocycles. The van der Waals surface area contributed by atoms with Gasteiger partial charge >= 0.3 is 0 Å². The number of aryl methyl sites for hydroxylation is 3. The lowest BCUT2D eigenvalue weighted by Crippen LogP contribution is -2.35. The smallest absolute Gasteiger partial charge is 0.229 e. The minimum Gasteiger partial charge on any atom is -0.338 e. The van der Waals surface area contributed by atoms with Crippen molar-refractivity contribution in [3.63, 3.8) is 0 Å². The van der Waals surface area contributed by atoms with Crippen LogP contribution >= 0.6 is 18.7 Å². The first-order valence-electron chi connectivity index (χ1n) is 13.7. The van der Waals surface area contributed by atoms with E-state index in [9.17, 15) is 9.83 Å². The molecule has 7 nitrogen and oxygen atoms in total. The second-order valence-electron chi connectivity index (χ2n) is 11.7. The molecule has 9 heteroatoms. The Kier molecular flexibility index (Phi) is 6.91. The number of benzene rings is 2. The molecule has 2 aliphatic carbocycles. The van der Waals surface area contributed by atoms with Gasteiger partial charge in [-0.1, -0.05) is 29.3 Å². The van der Waals surface area contributed by atoms with E-state index >= 15 is 0 Å². The predicted molar refractivity (Wildman–Crippen MR) is 158 cm³/mol. The predicted octanol–water partition coefficient (Wildman–Crippen LogP) is 6.12. The molecule has 0 amide bonds. The average molecular weight is 561 g/mol. The van der Waals surface area contributed by atoms with Gasteiger partial charge in [0.1, 0.15) is 12.2 Å². The van der Waals surface area contributed by atoms with Crippen LogP contribution in [0.1, 0.15) is 29.5 Å². The Labute approximate surface area is 235 Å². The van der Waals surface area contributed by atoms with Crippen LogP contribution in [0.25, 0.3) is 0 Å². The molecule has 2 unspecified atom stereocenters. The Balaban J connectivity index is 1.15. The Morgan fingerprint density at radius 1 is 1.05 bits per heavy atom. The summed E-state index contributed by atoms with van der Waals surface area (Å²) >= 11 is 6.45. The number of aromatic nitrogens is 2. The van der Waals surface area contributed by atoms with Gasteiger partial charge in [0.05, 0.1) is 23.9 Å². The topological polar surface area (TPSA) is 93.9 Å². The van der Waals surface area contributed by atoms with Crippen molar-refractivity contribution >= 4 is 47.2 Å². The Morgan fingerprint density at radius 2 is 1.79 bits per heavy atom. The minimum absolute atomic E-state index is 0.308. The zero-order valence-corrected chi connectivity index (χ0v) is 24.3. The van der Waals surface area contributed by atoms with E-state index in [0.717, 1.165) is 54.6 Å². The maximum atomic E-state index is 12.9. The molecule has 2 N–H and O–H groups in total. The van der Waals surface area contributed by atoms with E-state index in [0.29, 0.717) is 40.6 Å². The van der Waals surface area contributed by atoms with E-state index in [1.807, 2.05) is 25.1 Å². The van der Waals surface area contributed by atoms with Gasteiger partial charge in [0.2, 0.25) is 5.95 Å². The molecule has 0 bridgehead atoms. The molecule has 2 heterocycles. The van der Waals surface area contributed by atoms with Crippen LogP contribution in [0, 0.1) is 36.0 Å². The van der Waals surface area contributed by atoms with Crippen molar-refractivity contribution in [1.29, 1.82) is 5.26 Å². The lowest BCUT2D eigenvalue weighted by atomic mass is 10.0. The normalized spacial score (nSPS) is 24.3. The van der Waals surface area contributed by atoms with Gasteiger partial charge in [0, 0.05) is 30.1 Å². The fourth-order valence-electron chi connectivity index (χ4n) is 6.35. The number of anilines is 4. The molecule has 3 atom stereocenters. The summed E-state index contributed by atoms with van der Waals surface area (Å²) in [5, 5.41) is 17.0. The maximum Gasteiger partial charge on any atom is 0.229 e. The second-order valence-corrected chi connectivity index (χ2v) is 15.3. The molecule has 0 spiro atoms. The van der Waals surface area contributed by atoms with Crippen molar-refractivity contribution in [2.24, 2.45) is 17.8 Å². The summed E-state index contributed by atoms with van der Waals surface area (Å²) in [6.07, 6.45) is 6.03. The van der Waals surface area contributed by atoms with Crippen LogP contribution in [-0.2, 0) is 17.4 Å². The van der Waals surface area contributed by atoms with Crippen LogP contribution in [0.4, 0.5) is 23.1 Å². The summed E-state index contributed by atoms with van der Waals surface area (Å²) in [6, 6.07) is 15.5. The summed E-state index contributed by atoms with van der Waals surface area (Å²) in [5.41, 5.74) is 5.52. The minimum atomic E-state index is -2.51. The van der Waals surface area contributed by atoms with Gasteiger partial charge in [0.15, 0.2) is 5.82 Å². The third-order valence-corrected chi connectivity index (χ3v) is 10.4. The zero-order valence-electron chi connectivity index (χ0n) is 22.6. The molecule has 0 radical (unpaired) electrons. The maximum absolute atomic E-state index is 12.9. The number of piperidine rings is 1. The van der Waals surface area contributed by atoms with Crippen LogP contribution in [-0.4, -0.2) is 47.3 Å². The highest BCUT2D eigenvalue weighted by Crippen LogP contribution is 2.52. The van der Waals surface area contributed by atoms with Crippen LogP contribution < -0.4 is 15.9 Å². The van der Waals surface area contributed by atoms with Crippen LogP contribution in [0.2, 0.25) is 5.02 Å². The Morgan fingerprint density at radius 3 is 2.51 bits per heavy atom. The first-order chi connectivity index (χ1) is 18.7. The number of halogens is 1. The summed E-state index contributed by atoms with van der Waals surface area (Å²) < 4.78 is 12.9. The summed E-state index contributed by atoms with van der Waals surface area (Å²) in [4.78, 5) is 11.7. The van der Waals surface area contributed by atoms with Gasteiger partial charge < -0.3 is 15.2 Å². The third-order valence-electron chi connectivity index (χ3n) is 8.57. The van der Waals surface area contributed by atoms with Gasteiger partial charge in [-0.2, -0.15) is 10.2 Å². The molecule has 1 saturated heterocycles. The number of rotatable bonds is 6. The number of nitrogens with one attached hydrogen (secondary N) is 2. The van der Waals surface area contributed by atoms with E-state index in [1.165, 1.54) is 17.5 Å². The van der Waals surface area contributed by atoms with Crippen LogP contribution in [0.15, 0.2) is 42.6 Å². The molecular weight excluding hydrogens is 527 g/mol. The summed E-state index contributed by atoms with van der Waals surface area (Å²) in [6.45, 7) is 7.71. The molecule has 1 aromatic heterocycles. The van der Waals surface area contributed by atoms with Crippen molar-refractivity contribution < 1.29 is 4.57 Å². The third kappa shape index (κ3) is 5.43. The lowest BCUT2D eigenvalue weighted by molar-refractivity contribution is 0.195. The summed E-state index contributed by atoms with van der Waals surface area (Å²) in [7, 11) is -2.51. The number of nitriles is 1. The molecule has 3 aliphatic rings. The van der Waals surface area contributed by atoms with Crippen molar-refractivity contribution in [2.75, 3.05) is 37.1 Å². The van der Waals surface area contributed by atoms with Crippen LogP contribution in [0.3, 0.4) is 0 Å². The van der Waals surface area contributed by atoms with Crippen LogP contribution in [0.5, 0.6) is 0 Å². The first kappa shape index (κ1) is 26.3. The number of hydrogen-bond donors (Lipinski definition) is 2. The highest BCUT2D eigenvalue weighted by atomic mass is 35.5. The van der Waals surface area contributed by atoms with E-state index in [2.05, 4.69) is 49.8 Å². The lowest BCUT2D eigenvalue weighted by Gasteiger charge is -2.28. The van der Waals surface area contributed by atoms with Crippen molar-refractivity contribution in [3.8, 4) is 6.07 Å². The molecular formula is C30H34ClN6OP. The fraction of sp³-hybridized carbons (Fsp3) is 0.433. The largest absolute Gasteiger partial charge is 0.338 e. The summed E-state index contributed by atoms with van der Waals surface area (Å²) in [5.74, 6) is 2.44. The number of hydrogen-bond acceptors (Lipinski definition) is 7. The van der Waals surface area contributed by atoms with E-state index in [1.54, 1.807) is 19.5 Å². The molecule has 202 valence electrons. The fourth-order valence-corrected chi connectivity index (χ4v) is 7.71. The van der Waals surface area contributed by atoms with Crippen molar-refractivity contribution in [3.05, 3.63) is 64.3 Å². The van der Waals surface area contributed by atoms with Crippen molar-refractivity contribution in [2.45, 2.75) is 38.6 Å². The van der Waals surface area contributed by atoms with Gasteiger partial charge in [-0.3, -0.25) is 4.90 Å². The molecule has 6 rings (SSSR count). The molecule has 1 aliphatic heterocycles. The number of nitrogens with zero attached hydrogens (tertiary/aromatic N) is 4. The Bertz CT molecular complexity index is 1500. The monoisotopic (exact) mass is 560 g/mol. The molecule has 3 aromatic rings. The quantitative estimate of drug-likeness (QED) is 0.277. The average Bonchev–Trinajstić information content (AvgIpc) is 3.46. The zero-order chi connectivity index (χ0) is 27.3. The number of likely N-dealkylation sites (tertiary alicyclic amines) is 1. The molecule has 2 fully saturated rings. The van der Waals surface area contributed by atoms with E-state index < -0.39 is 7.14 Å². The highest BCUT2D eigenvalue weighted by molar-refractivity contribution is 7.70. The standard InChI is InChI=1S/C30H34ClN6OP/c1-18-4-11-27(28(12-18)39(2,3)38)35-29-26(31)15-33-30(36-29)34-21-8-5-19-6-9-22(10-7-20(19)13-21)37-16-24-23(14-32)25(24)17-37/h4-5,8,11-13,15,22-25H,6-7,9-10,16-17H2,1-3H3,(H2,33,34,35,36)/t22-,23?,24?,25?/m1/s1.